The van der Waals surface area contributed by atoms with Crippen LogP contribution in [0.1, 0.15) is 20.8 Å². The molecule has 2 aromatic heterocycles. The molecule has 1 aliphatic heterocycles. The van der Waals surface area contributed by atoms with Gasteiger partial charge in [-0.3, -0.25) is 14.6 Å². The Bertz CT molecular complexity index is 1430. The summed E-state index contributed by atoms with van der Waals surface area (Å²) in [5.41, 5.74) is 3.33. The Kier molecular flexibility index (Phi) is 7.50. The number of nitrogens with one attached hydrogen (secondary N) is 1. The molecule has 0 bridgehead atoms. The number of nitrogens with zero attached hydrogens (tertiary/aromatic N) is 4. The molecule has 0 spiro atoms. The number of ether oxygens (including phenoxy) is 2. The lowest BCUT2D eigenvalue weighted by Gasteiger charge is -2.36. The molecular formula is C28H27N5O4S. The quantitative estimate of drug-likeness (QED) is 0.378. The summed E-state index contributed by atoms with van der Waals surface area (Å²) in [6.45, 7) is 2.27. The number of hydrogen-bond donors (Lipinski definition) is 1. The number of aromatic nitrogens is 2. The summed E-state index contributed by atoms with van der Waals surface area (Å²) in [5, 5.41) is 5.43. The van der Waals surface area contributed by atoms with Gasteiger partial charge in [0.1, 0.15) is 10.7 Å². The summed E-state index contributed by atoms with van der Waals surface area (Å²) in [6.07, 6.45) is 3.27. The van der Waals surface area contributed by atoms with E-state index in [0.717, 1.165) is 16.3 Å². The maximum atomic E-state index is 13.2. The summed E-state index contributed by atoms with van der Waals surface area (Å²) in [7, 11) is 3.18. The van der Waals surface area contributed by atoms with Crippen LogP contribution in [0.25, 0.3) is 10.6 Å². The second-order valence-electron chi connectivity index (χ2n) is 8.60. The summed E-state index contributed by atoms with van der Waals surface area (Å²) >= 11 is 1.42. The van der Waals surface area contributed by atoms with E-state index in [1.165, 1.54) is 11.3 Å². The molecule has 0 unspecified atom stereocenters. The Morgan fingerprint density at radius 2 is 1.74 bits per heavy atom. The van der Waals surface area contributed by atoms with Crippen LogP contribution >= 0.6 is 11.3 Å². The zero-order chi connectivity index (χ0) is 26.5. The molecule has 9 nitrogen and oxygen atoms in total. The number of pyridine rings is 1. The number of para-hydroxylation sites is 1. The van der Waals surface area contributed by atoms with Crippen LogP contribution in [0, 0.1) is 0 Å². The predicted octanol–water partition coefficient (Wildman–Crippen LogP) is 4.44. The molecule has 0 saturated carbocycles. The van der Waals surface area contributed by atoms with Crippen molar-refractivity contribution in [3.05, 3.63) is 83.6 Å². The van der Waals surface area contributed by atoms with Crippen molar-refractivity contribution in [2.45, 2.75) is 0 Å². The van der Waals surface area contributed by atoms with Gasteiger partial charge < -0.3 is 24.6 Å². The number of rotatable bonds is 7. The minimum Gasteiger partial charge on any atom is -0.493 e. The third-order valence-electron chi connectivity index (χ3n) is 6.33. The zero-order valence-electron chi connectivity index (χ0n) is 21.1. The monoisotopic (exact) mass is 529 g/mol. The number of carbonyl (C=O) groups is 2. The molecule has 4 aromatic rings. The van der Waals surface area contributed by atoms with Gasteiger partial charge in [0.15, 0.2) is 11.5 Å². The highest BCUT2D eigenvalue weighted by Crippen LogP contribution is 2.34. The van der Waals surface area contributed by atoms with Gasteiger partial charge in [0, 0.05) is 49.0 Å². The van der Waals surface area contributed by atoms with E-state index in [1.807, 2.05) is 47.4 Å². The first-order valence-electron chi connectivity index (χ1n) is 12.1. The fourth-order valence-corrected chi connectivity index (χ4v) is 5.15. The molecule has 1 aliphatic rings. The molecule has 10 heteroatoms. The predicted molar refractivity (Wildman–Crippen MR) is 147 cm³/mol. The third-order valence-corrected chi connectivity index (χ3v) is 7.22. The summed E-state index contributed by atoms with van der Waals surface area (Å²) in [6, 6.07) is 16.7. The van der Waals surface area contributed by atoms with Crippen molar-refractivity contribution in [3.8, 4) is 22.1 Å². The Balaban J connectivity index is 1.25. The molecule has 1 fully saturated rings. The Hall–Kier alpha value is -4.44. The average molecular weight is 530 g/mol. The number of hydrogen-bond acceptors (Lipinski definition) is 8. The van der Waals surface area contributed by atoms with E-state index in [2.05, 4.69) is 20.2 Å². The fraction of sp³-hybridized carbons (Fsp3) is 0.214. The van der Waals surface area contributed by atoms with Gasteiger partial charge in [-0.15, -0.1) is 11.3 Å². The van der Waals surface area contributed by atoms with E-state index in [4.69, 9.17) is 9.47 Å². The van der Waals surface area contributed by atoms with Crippen LogP contribution in [0.15, 0.2) is 72.4 Å². The number of methoxy groups -OCH3 is 2. The Morgan fingerprint density at radius 1 is 0.947 bits per heavy atom. The number of benzene rings is 2. The highest BCUT2D eigenvalue weighted by molar-refractivity contribution is 7.13. The Morgan fingerprint density at radius 3 is 2.47 bits per heavy atom. The van der Waals surface area contributed by atoms with E-state index in [-0.39, 0.29) is 11.8 Å². The smallest absolute Gasteiger partial charge is 0.273 e. The van der Waals surface area contributed by atoms with Gasteiger partial charge in [0.05, 0.1) is 31.7 Å². The van der Waals surface area contributed by atoms with Crippen LogP contribution in [0.5, 0.6) is 11.5 Å². The zero-order valence-corrected chi connectivity index (χ0v) is 21.9. The fourth-order valence-electron chi connectivity index (χ4n) is 4.36. The number of anilines is 2. The topological polar surface area (TPSA) is 96.9 Å². The number of carbonyl (C=O) groups excluding carboxylic acids is 2. The first kappa shape index (κ1) is 25.2. The Labute approximate surface area is 224 Å². The second kappa shape index (κ2) is 11.3. The standard InChI is InChI=1S/C28H27N5O4S/c1-36-24-10-9-19(16-25(24)37-2)27-31-22(18-38-27)28(35)33-14-12-32(13-15-33)23-8-4-3-7-21(23)26(34)30-20-6-5-11-29-17-20/h3-11,16-18H,12-15H2,1-2H3,(H,30,34). The number of thiazole rings is 1. The summed E-state index contributed by atoms with van der Waals surface area (Å²) < 4.78 is 10.7. The lowest BCUT2D eigenvalue weighted by atomic mass is 10.1. The molecule has 2 aromatic carbocycles. The molecule has 5 rings (SSSR count). The van der Waals surface area contributed by atoms with Gasteiger partial charge in [-0.25, -0.2) is 4.98 Å². The normalized spacial score (nSPS) is 13.2. The maximum absolute atomic E-state index is 13.2. The van der Waals surface area contributed by atoms with E-state index >= 15 is 0 Å². The highest BCUT2D eigenvalue weighted by atomic mass is 32.1. The van der Waals surface area contributed by atoms with Crippen LogP contribution in [-0.4, -0.2) is 67.1 Å². The SMILES string of the molecule is COc1ccc(-c2nc(C(=O)N3CCN(c4ccccc4C(=O)Nc4cccnc4)CC3)cs2)cc1OC. The van der Waals surface area contributed by atoms with E-state index in [9.17, 15) is 9.59 Å². The molecular weight excluding hydrogens is 502 g/mol. The van der Waals surface area contributed by atoms with Gasteiger partial charge in [0.25, 0.3) is 11.8 Å². The average Bonchev–Trinajstić information content (AvgIpc) is 3.47. The molecule has 0 atom stereocenters. The molecule has 194 valence electrons. The van der Waals surface area contributed by atoms with Crippen molar-refractivity contribution >= 4 is 34.5 Å². The molecule has 1 N–H and O–H groups in total. The van der Waals surface area contributed by atoms with Crippen molar-refractivity contribution in [2.24, 2.45) is 0 Å². The largest absolute Gasteiger partial charge is 0.493 e. The van der Waals surface area contributed by atoms with Gasteiger partial charge in [-0.05, 0) is 42.5 Å². The van der Waals surface area contributed by atoms with Crippen LogP contribution in [0.4, 0.5) is 11.4 Å². The van der Waals surface area contributed by atoms with E-state index in [0.29, 0.717) is 54.6 Å². The molecule has 2 amide bonds. The second-order valence-corrected chi connectivity index (χ2v) is 9.46. The molecule has 0 radical (unpaired) electrons. The van der Waals surface area contributed by atoms with Crippen LogP contribution in [0.3, 0.4) is 0 Å². The minimum absolute atomic E-state index is 0.102. The van der Waals surface area contributed by atoms with Gasteiger partial charge in [-0.1, -0.05) is 12.1 Å². The first-order chi connectivity index (χ1) is 18.6. The molecule has 3 heterocycles. The van der Waals surface area contributed by atoms with Crippen molar-refractivity contribution in [2.75, 3.05) is 50.6 Å². The molecule has 0 aliphatic carbocycles. The van der Waals surface area contributed by atoms with Crippen molar-refractivity contribution in [1.29, 1.82) is 0 Å². The van der Waals surface area contributed by atoms with Crippen molar-refractivity contribution in [1.82, 2.24) is 14.9 Å². The first-order valence-corrected chi connectivity index (χ1v) is 13.0. The third kappa shape index (κ3) is 5.30. The van der Waals surface area contributed by atoms with Crippen molar-refractivity contribution < 1.29 is 19.1 Å². The number of piperazine rings is 1. The lowest BCUT2D eigenvalue weighted by Crippen LogP contribution is -2.49. The van der Waals surface area contributed by atoms with Gasteiger partial charge >= 0.3 is 0 Å². The molecule has 38 heavy (non-hydrogen) atoms. The summed E-state index contributed by atoms with van der Waals surface area (Å²) in [4.78, 5) is 38.8. The minimum atomic E-state index is -0.197. The van der Waals surface area contributed by atoms with Gasteiger partial charge in [-0.2, -0.15) is 0 Å². The van der Waals surface area contributed by atoms with Gasteiger partial charge in [0.2, 0.25) is 0 Å². The van der Waals surface area contributed by atoms with E-state index < -0.39 is 0 Å². The maximum Gasteiger partial charge on any atom is 0.273 e. The highest BCUT2D eigenvalue weighted by Gasteiger charge is 2.26. The lowest BCUT2D eigenvalue weighted by molar-refractivity contribution is 0.0741. The number of amides is 2. The van der Waals surface area contributed by atoms with Crippen molar-refractivity contribution in [3.63, 3.8) is 0 Å². The van der Waals surface area contributed by atoms with Crippen LogP contribution in [0.2, 0.25) is 0 Å². The summed E-state index contributed by atoms with van der Waals surface area (Å²) in [5.74, 6) is 0.948. The van der Waals surface area contributed by atoms with Crippen LogP contribution < -0.4 is 19.7 Å². The van der Waals surface area contributed by atoms with Crippen LogP contribution in [-0.2, 0) is 0 Å². The van der Waals surface area contributed by atoms with E-state index in [1.54, 1.807) is 44.1 Å². The molecule has 1 saturated heterocycles.